The predicted molar refractivity (Wildman–Crippen MR) is 69.4 cm³/mol. The Morgan fingerprint density at radius 2 is 2.18 bits per heavy atom. The summed E-state index contributed by atoms with van der Waals surface area (Å²) in [4.78, 5) is 0. The summed E-state index contributed by atoms with van der Waals surface area (Å²) in [5.74, 6) is 0.925. The molecule has 0 amide bonds. The Hall–Kier alpha value is -1.02. The summed E-state index contributed by atoms with van der Waals surface area (Å²) in [6, 6.07) is 6.11. The average molecular weight is 234 g/mol. The van der Waals surface area contributed by atoms with Crippen molar-refractivity contribution in [1.82, 2.24) is 0 Å². The quantitative estimate of drug-likeness (QED) is 0.791. The Balaban J connectivity index is 2.18. The zero-order chi connectivity index (χ0) is 12.3. The van der Waals surface area contributed by atoms with Gasteiger partial charge in [-0.05, 0) is 18.9 Å². The smallest absolute Gasteiger partial charge is 0.128 e. The van der Waals surface area contributed by atoms with Gasteiger partial charge in [-0.2, -0.15) is 0 Å². The van der Waals surface area contributed by atoms with Crippen LogP contribution in [0.4, 0.5) is 0 Å². The third kappa shape index (κ3) is 2.63. The van der Waals surface area contributed by atoms with Crippen LogP contribution in [0.3, 0.4) is 0 Å². The second-order valence-electron chi connectivity index (χ2n) is 5.12. The number of rotatable bonds is 5. The van der Waals surface area contributed by atoms with E-state index in [0.29, 0.717) is 0 Å². The van der Waals surface area contributed by atoms with Gasteiger partial charge in [-0.1, -0.05) is 44.4 Å². The molecular weight excluding hydrogens is 212 g/mol. The van der Waals surface area contributed by atoms with E-state index in [4.69, 9.17) is 4.74 Å². The molecule has 1 aromatic rings. The maximum atomic E-state index is 10.6. The first-order chi connectivity index (χ1) is 8.15. The molecule has 2 heteroatoms. The number of ether oxygens (including phenoxy) is 1. The molecular formula is C15H22O2. The maximum Gasteiger partial charge on any atom is 0.128 e. The van der Waals surface area contributed by atoms with Crippen molar-refractivity contribution in [3.8, 4) is 5.75 Å². The zero-order valence-electron chi connectivity index (χ0n) is 10.8. The van der Waals surface area contributed by atoms with Crippen LogP contribution >= 0.6 is 0 Å². The third-order valence-corrected chi connectivity index (χ3v) is 3.56. The number of fused-ring (bicyclic) bond motifs is 1. The van der Waals surface area contributed by atoms with Crippen molar-refractivity contribution in [2.45, 2.75) is 51.6 Å². The van der Waals surface area contributed by atoms with E-state index in [9.17, 15) is 5.11 Å². The molecule has 94 valence electrons. The Morgan fingerprint density at radius 3 is 2.94 bits per heavy atom. The molecule has 1 unspecified atom stereocenters. The van der Waals surface area contributed by atoms with Crippen molar-refractivity contribution in [2.24, 2.45) is 0 Å². The van der Waals surface area contributed by atoms with Gasteiger partial charge in [0, 0.05) is 12.0 Å². The zero-order valence-corrected chi connectivity index (χ0v) is 10.8. The van der Waals surface area contributed by atoms with E-state index in [2.05, 4.69) is 13.0 Å². The van der Waals surface area contributed by atoms with Gasteiger partial charge in [-0.15, -0.1) is 0 Å². The lowest BCUT2D eigenvalue weighted by Crippen LogP contribution is -2.21. The van der Waals surface area contributed by atoms with Crippen LogP contribution in [-0.4, -0.2) is 11.7 Å². The maximum absolute atomic E-state index is 10.6. The molecule has 17 heavy (non-hydrogen) atoms. The number of hydrogen-bond donors (Lipinski definition) is 1. The van der Waals surface area contributed by atoms with Gasteiger partial charge in [0.2, 0.25) is 0 Å². The highest BCUT2D eigenvalue weighted by atomic mass is 16.5. The summed E-state index contributed by atoms with van der Waals surface area (Å²) in [6.45, 7) is 4.83. The fourth-order valence-electron chi connectivity index (χ4n) is 2.49. The average Bonchev–Trinajstić information content (AvgIpc) is 2.76. The highest BCUT2D eigenvalue weighted by molar-refractivity contribution is 5.46. The largest absolute Gasteiger partial charge is 0.493 e. The molecule has 1 atom stereocenters. The van der Waals surface area contributed by atoms with Gasteiger partial charge in [0.15, 0.2) is 0 Å². The van der Waals surface area contributed by atoms with E-state index in [1.165, 1.54) is 18.4 Å². The molecule has 1 aliphatic heterocycles. The van der Waals surface area contributed by atoms with Crippen molar-refractivity contribution in [1.29, 1.82) is 0 Å². The summed E-state index contributed by atoms with van der Waals surface area (Å²) in [5.41, 5.74) is 1.44. The third-order valence-electron chi connectivity index (χ3n) is 3.56. The number of hydrogen-bond acceptors (Lipinski definition) is 2. The molecule has 1 N–H and O–H groups in total. The summed E-state index contributed by atoms with van der Waals surface area (Å²) in [5, 5.41) is 10.6. The second-order valence-corrected chi connectivity index (χ2v) is 5.12. The highest BCUT2D eigenvalue weighted by Crippen LogP contribution is 2.38. The van der Waals surface area contributed by atoms with Crippen molar-refractivity contribution >= 4 is 0 Å². The first kappa shape index (κ1) is 12.4. The Kier molecular flexibility index (Phi) is 3.72. The predicted octanol–water partition coefficient (Wildman–Crippen LogP) is 3.41. The standard InChI is InChI=1S/C15H22O2/c1-3-4-5-10-15(2,16)13-8-6-7-12-9-11-17-14(12)13/h6-8,16H,3-5,9-11H2,1-2H3. The normalized spacial score (nSPS) is 17.4. The lowest BCUT2D eigenvalue weighted by Gasteiger charge is -2.25. The molecule has 0 spiro atoms. The molecule has 0 saturated heterocycles. The minimum atomic E-state index is -0.759. The Morgan fingerprint density at radius 1 is 1.35 bits per heavy atom. The summed E-state index contributed by atoms with van der Waals surface area (Å²) < 4.78 is 5.66. The number of benzene rings is 1. The van der Waals surface area contributed by atoms with Gasteiger partial charge >= 0.3 is 0 Å². The number of unbranched alkanes of at least 4 members (excludes halogenated alkanes) is 2. The van der Waals surface area contributed by atoms with E-state index in [1.54, 1.807) is 0 Å². The lowest BCUT2D eigenvalue weighted by atomic mass is 9.88. The van der Waals surface area contributed by atoms with E-state index in [0.717, 1.165) is 37.2 Å². The molecule has 1 aromatic carbocycles. The molecule has 0 aliphatic carbocycles. The fraction of sp³-hybridized carbons (Fsp3) is 0.600. The van der Waals surface area contributed by atoms with E-state index in [-0.39, 0.29) is 0 Å². The highest BCUT2D eigenvalue weighted by Gasteiger charge is 2.29. The van der Waals surface area contributed by atoms with Gasteiger partial charge in [0.05, 0.1) is 12.2 Å². The molecule has 0 radical (unpaired) electrons. The topological polar surface area (TPSA) is 29.5 Å². The van der Waals surface area contributed by atoms with Crippen LogP contribution in [0.15, 0.2) is 18.2 Å². The summed E-state index contributed by atoms with van der Waals surface area (Å²) >= 11 is 0. The first-order valence-corrected chi connectivity index (χ1v) is 6.62. The van der Waals surface area contributed by atoms with Crippen molar-refractivity contribution in [2.75, 3.05) is 6.61 Å². The molecule has 0 aromatic heterocycles. The number of aliphatic hydroxyl groups is 1. The van der Waals surface area contributed by atoms with Crippen LogP contribution in [0.25, 0.3) is 0 Å². The fourth-order valence-corrected chi connectivity index (χ4v) is 2.49. The first-order valence-electron chi connectivity index (χ1n) is 6.62. The van der Waals surface area contributed by atoms with Crippen LogP contribution in [0.2, 0.25) is 0 Å². The van der Waals surface area contributed by atoms with E-state index in [1.807, 2.05) is 19.1 Å². The molecule has 0 fully saturated rings. The Labute approximate surface area is 104 Å². The molecule has 2 rings (SSSR count). The lowest BCUT2D eigenvalue weighted by molar-refractivity contribution is 0.0424. The molecule has 2 nitrogen and oxygen atoms in total. The van der Waals surface area contributed by atoms with Crippen LogP contribution in [-0.2, 0) is 12.0 Å². The Bertz CT molecular complexity index is 383. The second kappa shape index (κ2) is 5.09. The minimum absolute atomic E-state index is 0.747. The monoisotopic (exact) mass is 234 g/mol. The SMILES string of the molecule is CCCCCC(C)(O)c1cccc2c1OCC2. The number of para-hydroxylation sites is 1. The van der Waals surface area contributed by atoms with Crippen LogP contribution in [0.5, 0.6) is 5.75 Å². The molecule has 1 aliphatic rings. The van der Waals surface area contributed by atoms with E-state index >= 15 is 0 Å². The summed E-state index contributed by atoms with van der Waals surface area (Å²) in [7, 11) is 0. The van der Waals surface area contributed by atoms with Crippen LogP contribution in [0, 0.1) is 0 Å². The van der Waals surface area contributed by atoms with E-state index < -0.39 is 5.60 Å². The van der Waals surface area contributed by atoms with Gasteiger partial charge in [0.25, 0.3) is 0 Å². The molecule has 0 bridgehead atoms. The van der Waals surface area contributed by atoms with Crippen LogP contribution < -0.4 is 4.74 Å². The van der Waals surface area contributed by atoms with Crippen LogP contribution in [0.1, 0.15) is 50.7 Å². The van der Waals surface area contributed by atoms with Gasteiger partial charge < -0.3 is 9.84 Å². The van der Waals surface area contributed by atoms with Crippen molar-refractivity contribution in [3.63, 3.8) is 0 Å². The summed E-state index contributed by atoms with van der Waals surface area (Å²) in [6.07, 6.45) is 5.19. The van der Waals surface area contributed by atoms with Gasteiger partial charge in [0.1, 0.15) is 5.75 Å². The van der Waals surface area contributed by atoms with Crippen molar-refractivity contribution < 1.29 is 9.84 Å². The van der Waals surface area contributed by atoms with Gasteiger partial charge in [-0.3, -0.25) is 0 Å². The van der Waals surface area contributed by atoms with Gasteiger partial charge in [-0.25, -0.2) is 0 Å². The molecule has 0 saturated carbocycles. The van der Waals surface area contributed by atoms with Crippen molar-refractivity contribution in [3.05, 3.63) is 29.3 Å². The molecule has 1 heterocycles. The minimum Gasteiger partial charge on any atom is -0.493 e.